The van der Waals surface area contributed by atoms with Crippen molar-refractivity contribution in [3.05, 3.63) is 4.91 Å². The minimum absolute atomic E-state index is 0.0580. The van der Waals surface area contributed by atoms with E-state index in [0.717, 1.165) is 19.3 Å². The topological polar surface area (TPSA) is 29.4 Å². The van der Waals surface area contributed by atoms with Crippen LogP contribution in [-0.4, -0.2) is 6.04 Å². The largest absolute Gasteiger partial charge is 0.151 e. The lowest BCUT2D eigenvalue weighted by Gasteiger charge is -2.16. The Balaban J connectivity index is 3.28. The molecule has 0 aromatic rings. The van der Waals surface area contributed by atoms with E-state index in [1.807, 2.05) is 0 Å². The maximum Gasteiger partial charge on any atom is 0.0945 e. The lowest BCUT2D eigenvalue weighted by molar-refractivity contribution is 0.388. The molecule has 0 aliphatic rings. The van der Waals surface area contributed by atoms with Crippen LogP contribution in [0.25, 0.3) is 0 Å². The van der Waals surface area contributed by atoms with Crippen molar-refractivity contribution in [2.24, 2.45) is 11.1 Å². The second-order valence-electron chi connectivity index (χ2n) is 7.47. The number of hydrogen-bond acceptors (Lipinski definition) is 2. The monoisotopic (exact) mass is 325 g/mol. The summed E-state index contributed by atoms with van der Waals surface area (Å²) in [6.07, 6.45) is 21.2. The highest BCUT2D eigenvalue weighted by atomic mass is 16.3. The lowest BCUT2D eigenvalue weighted by Crippen LogP contribution is -2.15. The molecule has 23 heavy (non-hydrogen) atoms. The molecule has 0 bridgehead atoms. The highest BCUT2D eigenvalue weighted by molar-refractivity contribution is 4.72. The zero-order chi connectivity index (χ0) is 17.2. The minimum Gasteiger partial charge on any atom is -0.151 e. The van der Waals surface area contributed by atoms with E-state index in [4.69, 9.17) is 0 Å². The third-order valence-corrected chi connectivity index (χ3v) is 5.14. The van der Waals surface area contributed by atoms with Gasteiger partial charge in [-0.05, 0) is 18.8 Å². The molecule has 0 aliphatic heterocycles. The fourth-order valence-electron chi connectivity index (χ4n) is 3.46. The molecule has 0 saturated carbocycles. The summed E-state index contributed by atoms with van der Waals surface area (Å²) in [5.41, 5.74) is 0. The SMILES string of the molecule is CCCCCCCCCCCCCCCC(N=O)C(C)CCC. The van der Waals surface area contributed by atoms with Crippen LogP contribution in [0.3, 0.4) is 0 Å². The van der Waals surface area contributed by atoms with Crippen LogP contribution in [-0.2, 0) is 0 Å². The van der Waals surface area contributed by atoms with E-state index >= 15 is 0 Å². The van der Waals surface area contributed by atoms with Crippen molar-refractivity contribution in [1.29, 1.82) is 0 Å². The first-order valence-corrected chi connectivity index (χ1v) is 10.6. The summed E-state index contributed by atoms with van der Waals surface area (Å²) < 4.78 is 0. The van der Waals surface area contributed by atoms with Crippen molar-refractivity contribution in [3.63, 3.8) is 0 Å². The first-order chi connectivity index (χ1) is 11.3. The van der Waals surface area contributed by atoms with E-state index in [9.17, 15) is 4.91 Å². The lowest BCUT2D eigenvalue weighted by atomic mass is 9.93. The smallest absolute Gasteiger partial charge is 0.0945 e. The molecule has 2 atom stereocenters. The molecule has 2 unspecified atom stereocenters. The number of rotatable bonds is 18. The molecule has 0 heterocycles. The molecule has 0 N–H and O–H groups in total. The second kappa shape index (κ2) is 17.9. The Morgan fingerprint density at radius 2 is 1.04 bits per heavy atom. The van der Waals surface area contributed by atoms with Gasteiger partial charge in [0.05, 0.1) is 6.04 Å². The van der Waals surface area contributed by atoms with E-state index in [2.05, 4.69) is 25.9 Å². The molecule has 0 fully saturated rings. The van der Waals surface area contributed by atoms with E-state index in [1.54, 1.807) is 0 Å². The summed E-state index contributed by atoms with van der Waals surface area (Å²) in [4.78, 5) is 10.9. The normalized spacial score (nSPS) is 13.9. The van der Waals surface area contributed by atoms with Crippen molar-refractivity contribution in [3.8, 4) is 0 Å². The van der Waals surface area contributed by atoms with Crippen LogP contribution in [0.15, 0.2) is 5.18 Å². The summed E-state index contributed by atoms with van der Waals surface area (Å²) >= 11 is 0. The van der Waals surface area contributed by atoms with E-state index in [1.165, 1.54) is 83.5 Å². The van der Waals surface area contributed by atoms with Gasteiger partial charge in [0.25, 0.3) is 0 Å². The van der Waals surface area contributed by atoms with Crippen LogP contribution in [0.1, 0.15) is 124 Å². The predicted molar refractivity (Wildman–Crippen MR) is 104 cm³/mol. The van der Waals surface area contributed by atoms with E-state index in [0.29, 0.717) is 5.92 Å². The third kappa shape index (κ3) is 14.9. The van der Waals surface area contributed by atoms with Gasteiger partial charge in [0.2, 0.25) is 0 Å². The summed E-state index contributed by atoms with van der Waals surface area (Å²) in [6, 6.07) is 0.0580. The molecule has 0 spiro atoms. The zero-order valence-electron chi connectivity index (χ0n) is 16.3. The van der Waals surface area contributed by atoms with Gasteiger partial charge in [-0.2, -0.15) is 4.91 Å². The Kier molecular flexibility index (Phi) is 17.6. The first kappa shape index (κ1) is 22.6. The molecule has 138 valence electrons. The molecular formula is C21H43NO. The fraction of sp³-hybridized carbons (Fsp3) is 1.00. The standard InChI is InChI=1S/C21H43NO/c1-4-6-7-8-9-10-11-12-13-14-15-16-17-19-21(22-23)20(3)18-5-2/h20-21H,4-19H2,1-3H3. The first-order valence-electron chi connectivity index (χ1n) is 10.6. The van der Waals surface area contributed by atoms with Crippen molar-refractivity contribution < 1.29 is 0 Å². The number of nitroso groups, excluding NO2 is 1. The van der Waals surface area contributed by atoms with E-state index < -0.39 is 0 Å². The average molecular weight is 326 g/mol. The molecule has 0 radical (unpaired) electrons. The Hall–Kier alpha value is -0.400. The average Bonchev–Trinajstić information content (AvgIpc) is 2.55. The van der Waals surface area contributed by atoms with Crippen LogP contribution in [0.5, 0.6) is 0 Å². The van der Waals surface area contributed by atoms with Gasteiger partial charge >= 0.3 is 0 Å². The highest BCUT2D eigenvalue weighted by Crippen LogP contribution is 2.20. The van der Waals surface area contributed by atoms with Crippen molar-refractivity contribution in [2.75, 3.05) is 0 Å². The molecule has 0 aromatic heterocycles. The van der Waals surface area contributed by atoms with Gasteiger partial charge in [0.15, 0.2) is 0 Å². The number of hydrogen-bond donors (Lipinski definition) is 0. The van der Waals surface area contributed by atoms with Gasteiger partial charge in [-0.3, -0.25) is 0 Å². The Morgan fingerprint density at radius 1 is 0.609 bits per heavy atom. The van der Waals surface area contributed by atoms with Crippen molar-refractivity contribution in [1.82, 2.24) is 0 Å². The maximum absolute atomic E-state index is 10.9. The molecule has 2 heteroatoms. The summed E-state index contributed by atoms with van der Waals surface area (Å²) in [6.45, 7) is 6.64. The van der Waals surface area contributed by atoms with Gasteiger partial charge < -0.3 is 0 Å². The van der Waals surface area contributed by atoms with Gasteiger partial charge in [-0.25, -0.2) is 0 Å². The van der Waals surface area contributed by atoms with Crippen LogP contribution in [0.4, 0.5) is 0 Å². The minimum atomic E-state index is 0.0580. The molecule has 0 aromatic carbocycles. The molecule has 0 amide bonds. The number of nitrogens with zero attached hydrogens (tertiary/aromatic N) is 1. The number of unbranched alkanes of at least 4 members (excludes halogenated alkanes) is 12. The molecule has 0 aliphatic carbocycles. The van der Waals surface area contributed by atoms with Gasteiger partial charge in [0.1, 0.15) is 0 Å². The molecule has 0 saturated heterocycles. The maximum atomic E-state index is 10.9. The second-order valence-corrected chi connectivity index (χ2v) is 7.47. The summed E-state index contributed by atoms with van der Waals surface area (Å²) in [5, 5.41) is 3.35. The van der Waals surface area contributed by atoms with Crippen LogP contribution in [0, 0.1) is 10.8 Å². The van der Waals surface area contributed by atoms with Crippen molar-refractivity contribution in [2.45, 2.75) is 130 Å². The predicted octanol–water partition coefficient (Wildman–Crippen LogP) is 8.04. The van der Waals surface area contributed by atoms with Crippen LogP contribution in [0.2, 0.25) is 0 Å². The van der Waals surface area contributed by atoms with Crippen LogP contribution >= 0.6 is 0 Å². The van der Waals surface area contributed by atoms with Crippen LogP contribution < -0.4 is 0 Å². The molecular weight excluding hydrogens is 282 g/mol. The Morgan fingerprint density at radius 3 is 1.43 bits per heavy atom. The molecule has 2 nitrogen and oxygen atoms in total. The van der Waals surface area contributed by atoms with Crippen molar-refractivity contribution >= 4 is 0 Å². The Bertz CT molecular complexity index is 242. The quantitative estimate of drug-likeness (QED) is 0.185. The third-order valence-electron chi connectivity index (χ3n) is 5.14. The zero-order valence-corrected chi connectivity index (χ0v) is 16.3. The summed E-state index contributed by atoms with van der Waals surface area (Å²) in [7, 11) is 0. The van der Waals surface area contributed by atoms with E-state index in [-0.39, 0.29) is 6.04 Å². The summed E-state index contributed by atoms with van der Waals surface area (Å²) in [5.74, 6) is 0.467. The highest BCUT2D eigenvalue weighted by Gasteiger charge is 2.16. The Labute approximate surface area is 146 Å². The van der Waals surface area contributed by atoms with Gasteiger partial charge in [0, 0.05) is 0 Å². The fourth-order valence-corrected chi connectivity index (χ4v) is 3.46. The van der Waals surface area contributed by atoms with Gasteiger partial charge in [-0.1, -0.05) is 116 Å². The van der Waals surface area contributed by atoms with Gasteiger partial charge in [-0.15, -0.1) is 0 Å². The molecule has 0 rings (SSSR count).